The molecule has 1 aliphatic rings. The molecule has 0 bridgehead atoms. The van der Waals surface area contributed by atoms with Crippen molar-refractivity contribution in [3.05, 3.63) is 65.2 Å². The fourth-order valence-corrected chi connectivity index (χ4v) is 3.87. The van der Waals surface area contributed by atoms with E-state index in [0.717, 1.165) is 37.8 Å². The van der Waals surface area contributed by atoms with Crippen LogP contribution >= 0.6 is 24.0 Å². The fourth-order valence-electron chi connectivity index (χ4n) is 3.87. The first-order valence-electron chi connectivity index (χ1n) is 10.7. The molecule has 0 aromatic heterocycles. The lowest BCUT2D eigenvalue weighted by Crippen LogP contribution is -2.38. The molecule has 5 nitrogen and oxygen atoms in total. The van der Waals surface area contributed by atoms with Gasteiger partial charge in [0.2, 0.25) is 0 Å². The van der Waals surface area contributed by atoms with Crippen molar-refractivity contribution in [1.29, 1.82) is 0 Å². The Morgan fingerprint density at radius 1 is 0.933 bits per heavy atom. The van der Waals surface area contributed by atoms with Gasteiger partial charge in [0.05, 0.1) is 7.11 Å². The van der Waals surface area contributed by atoms with Crippen molar-refractivity contribution in [2.45, 2.75) is 38.8 Å². The lowest BCUT2D eigenvalue weighted by Gasteiger charge is -2.27. The molecular formula is C24H35IN4O. The van der Waals surface area contributed by atoms with Gasteiger partial charge >= 0.3 is 0 Å². The van der Waals surface area contributed by atoms with Gasteiger partial charge in [0.1, 0.15) is 5.75 Å². The summed E-state index contributed by atoms with van der Waals surface area (Å²) in [4.78, 5) is 6.95. The van der Waals surface area contributed by atoms with E-state index >= 15 is 0 Å². The molecule has 2 aromatic rings. The van der Waals surface area contributed by atoms with Crippen LogP contribution in [0.15, 0.2) is 53.5 Å². The van der Waals surface area contributed by atoms with Crippen LogP contribution in [0.4, 0.5) is 0 Å². The first-order chi connectivity index (χ1) is 14.3. The SMILES string of the molecule is CN=C(NCCc1ccccc1OC)NCc1ccccc1CN1CCCCC1.I. The van der Waals surface area contributed by atoms with Crippen LogP contribution in [0.3, 0.4) is 0 Å². The second-order valence-corrected chi connectivity index (χ2v) is 7.52. The molecule has 1 heterocycles. The zero-order valence-corrected chi connectivity index (χ0v) is 20.5. The maximum atomic E-state index is 5.43. The van der Waals surface area contributed by atoms with Crippen molar-refractivity contribution < 1.29 is 4.74 Å². The third kappa shape index (κ3) is 7.47. The Bertz CT molecular complexity index is 790. The molecule has 2 aromatic carbocycles. The summed E-state index contributed by atoms with van der Waals surface area (Å²) in [5.41, 5.74) is 3.95. The number of rotatable bonds is 8. The van der Waals surface area contributed by atoms with Crippen LogP contribution in [0.1, 0.15) is 36.0 Å². The summed E-state index contributed by atoms with van der Waals surface area (Å²) < 4.78 is 5.43. The molecule has 6 heteroatoms. The molecule has 0 atom stereocenters. The van der Waals surface area contributed by atoms with Gasteiger partial charge in [-0.25, -0.2) is 0 Å². The number of halogens is 1. The van der Waals surface area contributed by atoms with Crippen molar-refractivity contribution in [2.75, 3.05) is 33.8 Å². The molecule has 30 heavy (non-hydrogen) atoms. The molecule has 3 rings (SSSR count). The van der Waals surface area contributed by atoms with Crippen LogP contribution in [0.2, 0.25) is 0 Å². The minimum Gasteiger partial charge on any atom is -0.496 e. The van der Waals surface area contributed by atoms with E-state index in [4.69, 9.17) is 4.74 Å². The molecule has 0 amide bonds. The Hall–Kier alpha value is -1.80. The third-order valence-electron chi connectivity index (χ3n) is 5.51. The number of methoxy groups -OCH3 is 1. The van der Waals surface area contributed by atoms with Gasteiger partial charge in [-0.1, -0.05) is 48.9 Å². The largest absolute Gasteiger partial charge is 0.496 e. The van der Waals surface area contributed by atoms with Gasteiger partial charge in [-0.3, -0.25) is 9.89 Å². The number of benzene rings is 2. The van der Waals surface area contributed by atoms with E-state index in [2.05, 4.69) is 50.9 Å². The van der Waals surface area contributed by atoms with E-state index < -0.39 is 0 Å². The highest BCUT2D eigenvalue weighted by atomic mass is 127. The number of ether oxygens (including phenoxy) is 1. The lowest BCUT2D eigenvalue weighted by molar-refractivity contribution is 0.220. The number of hydrogen-bond donors (Lipinski definition) is 2. The van der Waals surface area contributed by atoms with E-state index in [0.29, 0.717) is 0 Å². The molecule has 0 radical (unpaired) electrons. The average molecular weight is 522 g/mol. The van der Waals surface area contributed by atoms with E-state index in [-0.39, 0.29) is 24.0 Å². The highest BCUT2D eigenvalue weighted by Crippen LogP contribution is 2.17. The van der Waals surface area contributed by atoms with Gasteiger partial charge < -0.3 is 15.4 Å². The quantitative estimate of drug-likeness (QED) is 0.310. The number of hydrogen-bond acceptors (Lipinski definition) is 3. The zero-order chi connectivity index (χ0) is 20.3. The van der Waals surface area contributed by atoms with Crippen LogP contribution in [0, 0.1) is 0 Å². The predicted octanol–water partition coefficient (Wildman–Crippen LogP) is 4.21. The number of nitrogens with zero attached hydrogens (tertiary/aromatic N) is 2. The Labute approximate surface area is 198 Å². The summed E-state index contributed by atoms with van der Waals surface area (Å²) >= 11 is 0. The maximum absolute atomic E-state index is 5.43. The highest BCUT2D eigenvalue weighted by Gasteiger charge is 2.12. The zero-order valence-electron chi connectivity index (χ0n) is 18.2. The van der Waals surface area contributed by atoms with E-state index in [1.165, 1.54) is 49.0 Å². The van der Waals surface area contributed by atoms with Crippen LogP contribution in [0.5, 0.6) is 5.75 Å². The van der Waals surface area contributed by atoms with E-state index in [1.54, 1.807) is 7.11 Å². The van der Waals surface area contributed by atoms with Crippen molar-refractivity contribution >= 4 is 29.9 Å². The van der Waals surface area contributed by atoms with Crippen molar-refractivity contribution in [2.24, 2.45) is 4.99 Å². The summed E-state index contributed by atoms with van der Waals surface area (Å²) in [5.74, 6) is 1.76. The molecular weight excluding hydrogens is 487 g/mol. The minimum absolute atomic E-state index is 0. The molecule has 0 unspecified atom stereocenters. The van der Waals surface area contributed by atoms with Gasteiger partial charge in [-0.15, -0.1) is 24.0 Å². The summed E-state index contributed by atoms with van der Waals surface area (Å²) in [6, 6.07) is 16.9. The Balaban J connectivity index is 0.00000320. The summed E-state index contributed by atoms with van der Waals surface area (Å²) in [7, 11) is 3.53. The molecule has 0 spiro atoms. The number of piperidine rings is 1. The Morgan fingerprint density at radius 3 is 2.30 bits per heavy atom. The van der Waals surface area contributed by atoms with E-state index in [1.807, 2.05) is 25.2 Å². The third-order valence-corrected chi connectivity index (χ3v) is 5.51. The predicted molar refractivity (Wildman–Crippen MR) is 136 cm³/mol. The number of likely N-dealkylation sites (tertiary alicyclic amines) is 1. The summed E-state index contributed by atoms with van der Waals surface area (Å²) in [5, 5.41) is 6.88. The van der Waals surface area contributed by atoms with Crippen LogP contribution < -0.4 is 15.4 Å². The smallest absolute Gasteiger partial charge is 0.191 e. The number of guanidine groups is 1. The Kier molecular flexibility index (Phi) is 11.0. The topological polar surface area (TPSA) is 48.9 Å². The highest BCUT2D eigenvalue weighted by molar-refractivity contribution is 14.0. The van der Waals surface area contributed by atoms with Gasteiger partial charge in [0.15, 0.2) is 5.96 Å². The maximum Gasteiger partial charge on any atom is 0.191 e. The van der Waals surface area contributed by atoms with Crippen molar-refractivity contribution in [3.8, 4) is 5.75 Å². The first-order valence-corrected chi connectivity index (χ1v) is 10.7. The molecule has 164 valence electrons. The molecule has 1 fully saturated rings. The fraction of sp³-hybridized carbons (Fsp3) is 0.458. The molecule has 1 saturated heterocycles. The monoisotopic (exact) mass is 522 g/mol. The summed E-state index contributed by atoms with van der Waals surface area (Å²) in [6.07, 6.45) is 4.90. The van der Waals surface area contributed by atoms with Gasteiger partial charge in [0, 0.05) is 26.7 Å². The summed E-state index contributed by atoms with van der Waals surface area (Å²) in [6.45, 7) is 5.05. The standard InChI is InChI=1S/C24H34N4O.HI/c1-25-24(26-15-14-20-10-6-7-13-23(20)29-2)27-18-21-11-4-5-12-22(21)19-28-16-8-3-9-17-28;/h4-7,10-13H,3,8-9,14-19H2,1-2H3,(H2,25,26,27);1H. The average Bonchev–Trinajstić information content (AvgIpc) is 2.78. The first kappa shape index (κ1) is 24.5. The molecule has 2 N–H and O–H groups in total. The lowest BCUT2D eigenvalue weighted by atomic mass is 10.0. The number of nitrogens with one attached hydrogen (secondary N) is 2. The second-order valence-electron chi connectivity index (χ2n) is 7.52. The number of para-hydroxylation sites is 1. The Morgan fingerprint density at radius 2 is 1.60 bits per heavy atom. The normalized spacial score (nSPS) is 14.7. The van der Waals surface area contributed by atoms with Gasteiger partial charge in [0.25, 0.3) is 0 Å². The van der Waals surface area contributed by atoms with Crippen LogP contribution in [-0.4, -0.2) is 44.7 Å². The van der Waals surface area contributed by atoms with E-state index in [9.17, 15) is 0 Å². The van der Waals surface area contributed by atoms with Crippen molar-refractivity contribution in [1.82, 2.24) is 15.5 Å². The minimum atomic E-state index is 0. The van der Waals surface area contributed by atoms with Gasteiger partial charge in [-0.05, 0) is 55.1 Å². The number of aliphatic imine (C=N–C) groups is 1. The van der Waals surface area contributed by atoms with Crippen molar-refractivity contribution in [3.63, 3.8) is 0 Å². The molecule has 0 saturated carbocycles. The van der Waals surface area contributed by atoms with Gasteiger partial charge in [-0.2, -0.15) is 0 Å². The van der Waals surface area contributed by atoms with Crippen LogP contribution in [0.25, 0.3) is 0 Å². The van der Waals surface area contributed by atoms with Crippen LogP contribution in [-0.2, 0) is 19.5 Å². The molecule has 1 aliphatic heterocycles. The molecule has 0 aliphatic carbocycles. The second kappa shape index (κ2) is 13.5.